The summed E-state index contributed by atoms with van der Waals surface area (Å²) in [5, 5.41) is 0. The van der Waals surface area contributed by atoms with Gasteiger partial charge in [-0.05, 0) is 36.3 Å². The van der Waals surface area contributed by atoms with Crippen molar-refractivity contribution < 1.29 is 4.79 Å². The van der Waals surface area contributed by atoms with E-state index in [1.165, 1.54) is 0 Å². The van der Waals surface area contributed by atoms with Crippen molar-refractivity contribution in [2.24, 2.45) is 0 Å². The van der Waals surface area contributed by atoms with Gasteiger partial charge in [-0.15, -0.1) is 0 Å². The van der Waals surface area contributed by atoms with Crippen LogP contribution in [0, 0.1) is 6.92 Å². The lowest BCUT2D eigenvalue weighted by Gasteiger charge is -1.99. The zero-order valence-electron chi connectivity index (χ0n) is 10.1. The summed E-state index contributed by atoms with van der Waals surface area (Å²) in [5.74, 6) is 0.0135. The maximum absolute atomic E-state index is 12.0. The van der Waals surface area contributed by atoms with Crippen molar-refractivity contribution in [2.75, 3.05) is 0 Å². The maximum atomic E-state index is 12.0. The smallest absolute Gasteiger partial charge is 0.185 e. The van der Waals surface area contributed by atoms with Crippen LogP contribution in [0.1, 0.15) is 21.5 Å². The minimum atomic E-state index is 0.0135. The van der Waals surface area contributed by atoms with Gasteiger partial charge in [0.2, 0.25) is 0 Å². The van der Waals surface area contributed by atoms with Crippen LogP contribution in [-0.4, -0.2) is 5.78 Å². The van der Waals surface area contributed by atoms with Gasteiger partial charge in [-0.3, -0.25) is 4.79 Å². The SMILES string of the molecule is Cc1ccccc1/C=C/C(=O)c1cccc(Br)c1. The van der Waals surface area contributed by atoms with E-state index in [9.17, 15) is 4.79 Å². The van der Waals surface area contributed by atoms with Crippen LogP contribution in [0.25, 0.3) is 6.08 Å². The Morgan fingerprint density at radius 3 is 2.61 bits per heavy atom. The monoisotopic (exact) mass is 300 g/mol. The van der Waals surface area contributed by atoms with Crippen molar-refractivity contribution in [1.82, 2.24) is 0 Å². The second kappa shape index (κ2) is 5.78. The average molecular weight is 301 g/mol. The van der Waals surface area contributed by atoms with E-state index in [1.807, 2.05) is 61.5 Å². The van der Waals surface area contributed by atoms with Crippen LogP contribution in [0.15, 0.2) is 59.1 Å². The van der Waals surface area contributed by atoms with Crippen LogP contribution in [0.3, 0.4) is 0 Å². The highest BCUT2D eigenvalue weighted by Crippen LogP contribution is 2.14. The van der Waals surface area contributed by atoms with E-state index < -0.39 is 0 Å². The predicted octanol–water partition coefficient (Wildman–Crippen LogP) is 4.65. The molecule has 0 heterocycles. The first kappa shape index (κ1) is 12.8. The molecule has 2 aromatic rings. The van der Waals surface area contributed by atoms with E-state index in [-0.39, 0.29) is 5.78 Å². The number of allylic oxidation sites excluding steroid dienone is 1. The Kier molecular flexibility index (Phi) is 4.11. The molecule has 0 bridgehead atoms. The van der Waals surface area contributed by atoms with Gasteiger partial charge in [0.25, 0.3) is 0 Å². The van der Waals surface area contributed by atoms with E-state index in [0.717, 1.165) is 15.6 Å². The standard InChI is InChI=1S/C16H13BrO/c1-12-5-2-3-6-13(12)9-10-16(18)14-7-4-8-15(17)11-14/h2-11H,1H3/b10-9+. The molecule has 90 valence electrons. The Balaban J connectivity index is 2.20. The molecule has 1 nitrogen and oxygen atoms in total. The topological polar surface area (TPSA) is 17.1 Å². The third-order valence-corrected chi connectivity index (χ3v) is 3.21. The summed E-state index contributed by atoms with van der Waals surface area (Å²) in [6.45, 7) is 2.03. The van der Waals surface area contributed by atoms with Crippen molar-refractivity contribution in [1.29, 1.82) is 0 Å². The number of ketones is 1. The Labute approximate surface area is 115 Å². The van der Waals surface area contributed by atoms with Gasteiger partial charge < -0.3 is 0 Å². The molecule has 0 aliphatic heterocycles. The molecule has 0 aliphatic rings. The van der Waals surface area contributed by atoms with Gasteiger partial charge in [-0.1, -0.05) is 58.4 Å². The fourth-order valence-electron chi connectivity index (χ4n) is 1.68. The van der Waals surface area contributed by atoms with Crippen molar-refractivity contribution in [3.63, 3.8) is 0 Å². The van der Waals surface area contributed by atoms with Crippen LogP contribution in [0.4, 0.5) is 0 Å². The molecule has 2 rings (SSSR count). The summed E-state index contributed by atoms with van der Waals surface area (Å²) in [7, 11) is 0. The fraction of sp³-hybridized carbons (Fsp3) is 0.0625. The number of aryl methyl sites for hydroxylation is 1. The summed E-state index contributed by atoms with van der Waals surface area (Å²) >= 11 is 3.36. The van der Waals surface area contributed by atoms with Crippen LogP contribution in [0.5, 0.6) is 0 Å². The van der Waals surface area contributed by atoms with Gasteiger partial charge in [0.05, 0.1) is 0 Å². The molecule has 0 saturated carbocycles. The van der Waals surface area contributed by atoms with Crippen LogP contribution >= 0.6 is 15.9 Å². The molecule has 0 aliphatic carbocycles. The predicted molar refractivity (Wildman–Crippen MR) is 78.7 cm³/mol. The zero-order valence-corrected chi connectivity index (χ0v) is 11.6. The van der Waals surface area contributed by atoms with E-state index >= 15 is 0 Å². The summed E-state index contributed by atoms with van der Waals surface area (Å²) in [5.41, 5.74) is 2.92. The molecule has 0 unspecified atom stereocenters. The molecule has 0 amide bonds. The van der Waals surface area contributed by atoms with Crippen molar-refractivity contribution in [3.05, 3.63) is 75.8 Å². The van der Waals surface area contributed by atoms with Gasteiger partial charge in [0.1, 0.15) is 0 Å². The van der Waals surface area contributed by atoms with Gasteiger partial charge >= 0.3 is 0 Å². The Morgan fingerprint density at radius 1 is 1.11 bits per heavy atom. The number of hydrogen-bond acceptors (Lipinski definition) is 1. The highest BCUT2D eigenvalue weighted by atomic mass is 79.9. The van der Waals surface area contributed by atoms with Gasteiger partial charge in [-0.25, -0.2) is 0 Å². The van der Waals surface area contributed by atoms with Crippen LogP contribution in [0.2, 0.25) is 0 Å². The summed E-state index contributed by atoms with van der Waals surface area (Å²) < 4.78 is 0.914. The minimum absolute atomic E-state index is 0.0135. The number of carbonyl (C=O) groups is 1. The Morgan fingerprint density at radius 2 is 1.89 bits per heavy atom. The molecule has 0 saturated heterocycles. The quantitative estimate of drug-likeness (QED) is 0.595. The van der Waals surface area contributed by atoms with Crippen molar-refractivity contribution in [3.8, 4) is 0 Å². The molecule has 0 radical (unpaired) electrons. The number of rotatable bonds is 3. The third-order valence-electron chi connectivity index (χ3n) is 2.71. The van der Waals surface area contributed by atoms with E-state index in [1.54, 1.807) is 6.08 Å². The first-order chi connectivity index (χ1) is 8.66. The molecule has 0 aromatic heterocycles. The van der Waals surface area contributed by atoms with Gasteiger partial charge in [0, 0.05) is 10.0 Å². The summed E-state index contributed by atoms with van der Waals surface area (Å²) in [6.07, 6.45) is 3.47. The fourth-order valence-corrected chi connectivity index (χ4v) is 2.08. The van der Waals surface area contributed by atoms with E-state index in [0.29, 0.717) is 5.56 Å². The highest BCUT2D eigenvalue weighted by molar-refractivity contribution is 9.10. The normalized spacial score (nSPS) is 10.8. The molecular weight excluding hydrogens is 288 g/mol. The Hall–Kier alpha value is -1.67. The molecule has 2 aromatic carbocycles. The third kappa shape index (κ3) is 3.17. The van der Waals surface area contributed by atoms with E-state index in [4.69, 9.17) is 0 Å². The molecular formula is C16H13BrO. The maximum Gasteiger partial charge on any atom is 0.185 e. The lowest BCUT2D eigenvalue weighted by molar-refractivity contribution is 0.104. The lowest BCUT2D eigenvalue weighted by atomic mass is 10.1. The number of hydrogen-bond donors (Lipinski definition) is 0. The van der Waals surface area contributed by atoms with Crippen molar-refractivity contribution >= 4 is 27.8 Å². The number of benzene rings is 2. The van der Waals surface area contributed by atoms with E-state index in [2.05, 4.69) is 15.9 Å². The first-order valence-electron chi connectivity index (χ1n) is 5.70. The second-order valence-corrected chi connectivity index (χ2v) is 4.98. The zero-order chi connectivity index (χ0) is 13.0. The second-order valence-electron chi connectivity index (χ2n) is 4.06. The average Bonchev–Trinajstić information content (AvgIpc) is 2.37. The molecule has 0 fully saturated rings. The van der Waals surface area contributed by atoms with Crippen LogP contribution in [-0.2, 0) is 0 Å². The Bertz CT molecular complexity index is 600. The highest BCUT2D eigenvalue weighted by Gasteiger charge is 2.01. The largest absolute Gasteiger partial charge is 0.289 e. The van der Waals surface area contributed by atoms with Gasteiger partial charge in [-0.2, -0.15) is 0 Å². The molecule has 0 N–H and O–H groups in total. The lowest BCUT2D eigenvalue weighted by Crippen LogP contribution is -1.93. The first-order valence-corrected chi connectivity index (χ1v) is 6.50. The number of halogens is 1. The number of carbonyl (C=O) groups excluding carboxylic acids is 1. The molecule has 0 spiro atoms. The summed E-state index contributed by atoms with van der Waals surface area (Å²) in [4.78, 5) is 12.0. The van der Waals surface area contributed by atoms with Crippen LogP contribution < -0.4 is 0 Å². The van der Waals surface area contributed by atoms with Crippen molar-refractivity contribution in [2.45, 2.75) is 6.92 Å². The molecule has 2 heteroatoms. The molecule has 18 heavy (non-hydrogen) atoms. The van der Waals surface area contributed by atoms with Gasteiger partial charge in [0.15, 0.2) is 5.78 Å². The summed E-state index contributed by atoms with van der Waals surface area (Å²) in [6, 6.07) is 15.4. The minimum Gasteiger partial charge on any atom is -0.289 e. The molecule has 0 atom stereocenters.